The van der Waals surface area contributed by atoms with Crippen LogP contribution in [0.4, 0.5) is 17.5 Å². The fraction of sp³-hybridized carbons (Fsp3) is 0.310. The number of nitrogens with two attached hydrogens (primary N) is 1. The standard InChI is InChI=1S/C29H32Cl2N8O4S/c1-17(26(40)35-14-28(2,3)41)37-44(42,43)24-13-34-27-38(22-10-20(30)9-21(31)11-22)15-29(4,39(24)27)19-7-5-18(6-8-19)23-12-33-16-36-25(23)32/h5-13,16-17,37,41H,14-15H2,1-4H3,(H,35,40)(H2,32,33,36)/t17-,29-/m0/s1. The highest BCUT2D eigenvalue weighted by Gasteiger charge is 2.46. The van der Waals surface area contributed by atoms with Gasteiger partial charge in [0.1, 0.15) is 12.1 Å². The Hall–Kier alpha value is -3.75. The van der Waals surface area contributed by atoms with Crippen LogP contribution in [0.25, 0.3) is 11.1 Å². The molecular formula is C29H32Cl2N8O4S. The molecule has 0 radical (unpaired) electrons. The van der Waals surface area contributed by atoms with Gasteiger partial charge in [0, 0.05) is 34.0 Å². The van der Waals surface area contributed by atoms with Crippen molar-refractivity contribution >= 4 is 56.6 Å². The Morgan fingerprint density at radius 2 is 1.80 bits per heavy atom. The number of rotatable bonds is 9. The summed E-state index contributed by atoms with van der Waals surface area (Å²) < 4.78 is 31.7. The number of hydrogen-bond donors (Lipinski definition) is 4. The highest BCUT2D eigenvalue weighted by atomic mass is 35.5. The number of fused-ring (bicyclic) bond motifs is 1. The summed E-state index contributed by atoms with van der Waals surface area (Å²) in [4.78, 5) is 27.2. The summed E-state index contributed by atoms with van der Waals surface area (Å²) in [6, 6.07) is 11.4. The summed E-state index contributed by atoms with van der Waals surface area (Å²) in [5.74, 6) is 0.0885. The van der Waals surface area contributed by atoms with E-state index in [2.05, 4.69) is 25.0 Å². The summed E-state index contributed by atoms with van der Waals surface area (Å²) in [7, 11) is -4.28. The molecule has 44 heavy (non-hydrogen) atoms. The first-order chi connectivity index (χ1) is 20.6. The molecule has 0 saturated carbocycles. The molecule has 0 aliphatic carbocycles. The molecule has 4 aromatic rings. The zero-order chi connectivity index (χ0) is 32.0. The molecule has 0 saturated heterocycles. The second kappa shape index (κ2) is 11.6. The summed E-state index contributed by atoms with van der Waals surface area (Å²) in [5.41, 5.74) is 6.79. The number of nitrogen functional groups attached to an aromatic ring is 1. The number of halogens is 2. The Kier molecular flexibility index (Phi) is 8.37. The largest absolute Gasteiger partial charge is 0.389 e. The number of amides is 1. The van der Waals surface area contributed by atoms with Gasteiger partial charge in [-0.05, 0) is 57.0 Å². The van der Waals surface area contributed by atoms with Gasteiger partial charge in [0.05, 0.1) is 29.9 Å². The van der Waals surface area contributed by atoms with Crippen LogP contribution in [0.15, 0.2) is 66.2 Å². The van der Waals surface area contributed by atoms with Gasteiger partial charge in [-0.25, -0.2) is 23.4 Å². The van der Waals surface area contributed by atoms with E-state index in [0.29, 0.717) is 33.1 Å². The van der Waals surface area contributed by atoms with Crippen molar-refractivity contribution in [2.24, 2.45) is 0 Å². The van der Waals surface area contributed by atoms with Gasteiger partial charge in [-0.2, -0.15) is 4.72 Å². The summed E-state index contributed by atoms with van der Waals surface area (Å²) in [6.07, 6.45) is 4.26. The van der Waals surface area contributed by atoms with E-state index in [1.165, 1.54) is 33.3 Å². The van der Waals surface area contributed by atoms with Crippen molar-refractivity contribution < 1.29 is 18.3 Å². The van der Waals surface area contributed by atoms with Crippen LogP contribution in [0.3, 0.4) is 0 Å². The summed E-state index contributed by atoms with van der Waals surface area (Å²) in [5, 5.41) is 13.2. The number of imidazole rings is 1. The third kappa shape index (κ3) is 6.24. The van der Waals surface area contributed by atoms with Gasteiger partial charge in [0.25, 0.3) is 10.0 Å². The lowest BCUT2D eigenvalue weighted by molar-refractivity contribution is -0.123. The molecule has 12 nitrogen and oxygen atoms in total. The van der Waals surface area contributed by atoms with E-state index in [9.17, 15) is 18.3 Å². The van der Waals surface area contributed by atoms with Gasteiger partial charge >= 0.3 is 0 Å². The molecule has 1 aliphatic heterocycles. The fourth-order valence-electron chi connectivity index (χ4n) is 5.12. The number of carbonyl (C=O) groups excluding carboxylic acids is 1. The average molecular weight is 660 g/mol. The molecule has 5 N–H and O–H groups in total. The normalized spacial score (nSPS) is 17.4. The molecule has 1 aliphatic rings. The van der Waals surface area contributed by atoms with Crippen molar-refractivity contribution in [3.8, 4) is 11.1 Å². The number of sulfonamides is 1. The minimum atomic E-state index is -4.28. The number of aromatic nitrogens is 4. The van der Waals surface area contributed by atoms with Crippen LogP contribution < -0.4 is 20.7 Å². The minimum absolute atomic E-state index is 0.0496. The molecule has 2 aromatic carbocycles. The van der Waals surface area contributed by atoms with E-state index in [1.54, 1.807) is 29.0 Å². The maximum absolute atomic E-state index is 13.8. The van der Waals surface area contributed by atoms with Crippen molar-refractivity contribution in [1.29, 1.82) is 0 Å². The molecule has 1 amide bonds. The predicted molar refractivity (Wildman–Crippen MR) is 169 cm³/mol. The summed E-state index contributed by atoms with van der Waals surface area (Å²) in [6.45, 7) is 6.63. The molecule has 0 unspecified atom stereocenters. The van der Waals surface area contributed by atoms with Crippen molar-refractivity contribution in [3.05, 3.63) is 76.8 Å². The molecule has 2 aromatic heterocycles. The molecule has 0 bridgehead atoms. The molecule has 2 atom stereocenters. The molecule has 232 valence electrons. The molecule has 3 heterocycles. The van der Waals surface area contributed by atoms with Crippen LogP contribution in [0, 0.1) is 0 Å². The zero-order valence-corrected chi connectivity index (χ0v) is 26.7. The SMILES string of the molecule is C[C@H](NS(=O)(=O)c1cnc2n1[C@](C)(c1ccc(-c3cncnc3N)cc1)CN2c1cc(Cl)cc(Cl)c1)C(=O)NCC(C)(C)O. The van der Waals surface area contributed by atoms with Gasteiger partial charge < -0.3 is 21.1 Å². The second-order valence-electron chi connectivity index (χ2n) is 11.5. The summed E-state index contributed by atoms with van der Waals surface area (Å²) >= 11 is 12.7. The van der Waals surface area contributed by atoms with Crippen LogP contribution in [-0.2, 0) is 20.4 Å². The van der Waals surface area contributed by atoms with Gasteiger partial charge in [-0.15, -0.1) is 0 Å². The lowest BCUT2D eigenvalue weighted by Crippen LogP contribution is -2.48. The van der Waals surface area contributed by atoms with E-state index in [1.807, 2.05) is 36.1 Å². The lowest BCUT2D eigenvalue weighted by Gasteiger charge is -2.29. The van der Waals surface area contributed by atoms with Crippen molar-refractivity contribution in [3.63, 3.8) is 0 Å². The first kappa shape index (κ1) is 31.7. The van der Waals surface area contributed by atoms with E-state index in [-0.39, 0.29) is 18.1 Å². The van der Waals surface area contributed by atoms with Crippen LogP contribution >= 0.6 is 23.2 Å². The smallest absolute Gasteiger partial charge is 0.258 e. The monoisotopic (exact) mass is 658 g/mol. The van der Waals surface area contributed by atoms with Crippen molar-refractivity contribution in [1.82, 2.24) is 29.6 Å². The maximum atomic E-state index is 13.8. The third-order valence-corrected chi connectivity index (χ3v) is 9.27. The van der Waals surface area contributed by atoms with Gasteiger partial charge in [-0.3, -0.25) is 9.36 Å². The predicted octanol–water partition coefficient (Wildman–Crippen LogP) is 3.70. The van der Waals surface area contributed by atoms with E-state index in [0.717, 1.165) is 11.1 Å². The Morgan fingerprint density at radius 3 is 2.41 bits per heavy atom. The molecule has 15 heteroatoms. The van der Waals surface area contributed by atoms with Gasteiger partial charge in [0.15, 0.2) is 5.03 Å². The molecular weight excluding hydrogens is 627 g/mol. The van der Waals surface area contributed by atoms with Crippen molar-refractivity contribution in [2.45, 2.75) is 49.9 Å². The quantitative estimate of drug-likeness (QED) is 0.209. The van der Waals surface area contributed by atoms with E-state index < -0.39 is 33.1 Å². The van der Waals surface area contributed by atoms with Crippen LogP contribution in [-0.4, -0.2) is 63.7 Å². The number of anilines is 3. The highest BCUT2D eigenvalue weighted by Crippen LogP contribution is 2.45. The first-order valence-electron chi connectivity index (χ1n) is 13.6. The topological polar surface area (TPSA) is 168 Å². The highest BCUT2D eigenvalue weighted by molar-refractivity contribution is 7.89. The van der Waals surface area contributed by atoms with E-state index in [4.69, 9.17) is 28.9 Å². The number of aliphatic hydroxyl groups is 1. The number of nitrogens with zero attached hydrogens (tertiary/aromatic N) is 5. The van der Waals surface area contributed by atoms with Crippen molar-refractivity contribution in [2.75, 3.05) is 23.7 Å². The number of carbonyl (C=O) groups is 1. The van der Waals surface area contributed by atoms with Crippen LogP contribution in [0.5, 0.6) is 0 Å². The number of nitrogens with one attached hydrogen (secondary N) is 2. The van der Waals surface area contributed by atoms with Gasteiger partial charge in [0.2, 0.25) is 11.9 Å². The first-order valence-corrected chi connectivity index (χ1v) is 15.8. The number of benzene rings is 2. The van der Waals surface area contributed by atoms with E-state index >= 15 is 0 Å². The Labute approximate surface area is 265 Å². The Morgan fingerprint density at radius 1 is 1.14 bits per heavy atom. The maximum Gasteiger partial charge on any atom is 0.258 e. The molecule has 0 spiro atoms. The Balaban J connectivity index is 1.57. The molecule has 5 rings (SSSR count). The fourth-order valence-corrected chi connectivity index (χ4v) is 7.04. The van der Waals surface area contributed by atoms with Crippen LogP contribution in [0.1, 0.15) is 33.3 Å². The third-order valence-electron chi connectivity index (χ3n) is 7.33. The number of hydrogen-bond acceptors (Lipinski definition) is 9. The van der Waals surface area contributed by atoms with Crippen LogP contribution in [0.2, 0.25) is 10.0 Å². The average Bonchev–Trinajstić information content (AvgIpc) is 3.52. The second-order valence-corrected chi connectivity index (χ2v) is 14.0. The lowest BCUT2D eigenvalue weighted by atomic mass is 9.90. The van der Waals surface area contributed by atoms with Gasteiger partial charge in [-0.1, -0.05) is 47.5 Å². The zero-order valence-electron chi connectivity index (χ0n) is 24.4. The minimum Gasteiger partial charge on any atom is -0.389 e. The Bertz CT molecular complexity index is 1810. The molecule has 0 fully saturated rings.